The van der Waals surface area contributed by atoms with E-state index in [0.717, 1.165) is 18.4 Å². The quantitative estimate of drug-likeness (QED) is 0.844. The second kappa shape index (κ2) is 4.73. The fraction of sp³-hybridized carbons (Fsp3) is 0.667. The van der Waals surface area contributed by atoms with E-state index in [1.165, 1.54) is 0 Å². The first-order valence-electron chi connectivity index (χ1n) is 7.16. The zero-order valence-corrected chi connectivity index (χ0v) is 12.9. The zero-order chi connectivity index (χ0) is 14.3. The lowest BCUT2D eigenvalue weighted by Gasteiger charge is -2.51. The van der Waals surface area contributed by atoms with Crippen molar-refractivity contribution < 1.29 is 0 Å². The van der Waals surface area contributed by atoms with Crippen molar-refractivity contribution in [1.29, 1.82) is 0 Å². The highest BCUT2D eigenvalue weighted by Gasteiger charge is 2.47. The lowest BCUT2D eigenvalue weighted by atomic mass is 9.61. The molecule has 1 aromatic heterocycles. The van der Waals surface area contributed by atoms with Crippen LogP contribution in [-0.2, 0) is 0 Å². The van der Waals surface area contributed by atoms with Gasteiger partial charge < -0.3 is 5.32 Å². The van der Waals surface area contributed by atoms with Crippen LogP contribution in [0.3, 0.4) is 0 Å². The SMILES string of the molecule is BC(=C)NC1(C)CC(C)C(n2cccn2)C(C)(C)C1. The Bertz CT molecular complexity index is 452. The van der Waals surface area contributed by atoms with Crippen LogP contribution in [0.5, 0.6) is 0 Å². The molecular weight excluding hydrogens is 233 g/mol. The zero-order valence-electron chi connectivity index (χ0n) is 12.9. The summed E-state index contributed by atoms with van der Waals surface area (Å²) in [6.07, 6.45) is 6.25. The molecule has 1 heterocycles. The number of rotatable bonds is 3. The minimum absolute atomic E-state index is 0.137. The molecule has 3 nitrogen and oxygen atoms in total. The molecule has 1 aliphatic rings. The monoisotopic (exact) mass is 259 g/mol. The fourth-order valence-corrected chi connectivity index (χ4v) is 4.45. The van der Waals surface area contributed by atoms with Gasteiger partial charge in [0.1, 0.15) is 0 Å². The summed E-state index contributed by atoms with van der Waals surface area (Å²) in [5.74, 6) is 0.584. The summed E-state index contributed by atoms with van der Waals surface area (Å²) in [5, 5.41) is 8.06. The van der Waals surface area contributed by atoms with Crippen molar-refractivity contribution >= 4 is 7.85 Å². The summed E-state index contributed by atoms with van der Waals surface area (Å²) in [6.45, 7) is 13.4. The Labute approximate surface area is 117 Å². The lowest BCUT2D eigenvalue weighted by Crippen LogP contribution is -2.53. The second-order valence-corrected chi connectivity index (χ2v) is 7.24. The summed E-state index contributed by atoms with van der Waals surface area (Å²) in [7, 11) is 2.04. The smallest absolute Gasteiger partial charge is 0.159 e. The van der Waals surface area contributed by atoms with E-state index in [-0.39, 0.29) is 11.0 Å². The third-order valence-electron chi connectivity index (χ3n) is 4.28. The molecule has 3 atom stereocenters. The van der Waals surface area contributed by atoms with Gasteiger partial charge in [0, 0.05) is 17.9 Å². The summed E-state index contributed by atoms with van der Waals surface area (Å²) >= 11 is 0. The van der Waals surface area contributed by atoms with Crippen molar-refractivity contribution in [3.8, 4) is 0 Å². The van der Waals surface area contributed by atoms with Crippen molar-refractivity contribution in [1.82, 2.24) is 15.1 Å². The number of aromatic nitrogens is 2. The summed E-state index contributed by atoms with van der Waals surface area (Å²) < 4.78 is 2.14. The van der Waals surface area contributed by atoms with E-state index in [9.17, 15) is 0 Å². The molecule has 19 heavy (non-hydrogen) atoms. The molecule has 0 aliphatic heterocycles. The first-order chi connectivity index (χ1) is 8.73. The molecule has 1 aliphatic carbocycles. The summed E-state index contributed by atoms with van der Waals surface area (Å²) in [4.78, 5) is 0. The molecule has 1 N–H and O–H groups in total. The summed E-state index contributed by atoms with van der Waals surface area (Å²) in [5.41, 5.74) is 1.40. The van der Waals surface area contributed by atoms with Gasteiger partial charge in [-0.25, -0.2) is 0 Å². The molecule has 1 saturated carbocycles. The van der Waals surface area contributed by atoms with Gasteiger partial charge in [-0.1, -0.05) is 27.4 Å². The van der Waals surface area contributed by atoms with Crippen LogP contribution < -0.4 is 5.32 Å². The van der Waals surface area contributed by atoms with Gasteiger partial charge in [-0.05, 0) is 42.8 Å². The van der Waals surface area contributed by atoms with Crippen molar-refractivity contribution in [2.75, 3.05) is 0 Å². The Morgan fingerprint density at radius 3 is 2.63 bits per heavy atom. The molecule has 0 bridgehead atoms. The van der Waals surface area contributed by atoms with E-state index in [1.54, 1.807) is 0 Å². The molecule has 4 heteroatoms. The molecule has 2 rings (SSSR count). The highest BCUT2D eigenvalue weighted by molar-refractivity contribution is 6.20. The van der Waals surface area contributed by atoms with Crippen molar-refractivity contribution in [2.45, 2.75) is 52.1 Å². The number of nitrogens with one attached hydrogen (secondary N) is 1. The van der Waals surface area contributed by atoms with Gasteiger partial charge in [0.25, 0.3) is 0 Å². The van der Waals surface area contributed by atoms with Crippen molar-refractivity contribution in [3.05, 3.63) is 30.6 Å². The van der Waals surface area contributed by atoms with Gasteiger partial charge in [-0.3, -0.25) is 4.68 Å². The van der Waals surface area contributed by atoms with Gasteiger partial charge in [0.05, 0.1) is 6.04 Å². The van der Waals surface area contributed by atoms with E-state index in [4.69, 9.17) is 0 Å². The highest BCUT2D eigenvalue weighted by Crippen LogP contribution is 2.50. The van der Waals surface area contributed by atoms with Gasteiger partial charge in [0.15, 0.2) is 7.85 Å². The average Bonchev–Trinajstić information content (AvgIpc) is 2.64. The molecule has 104 valence electrons. The lowest BCUT2D eigenvalue weighted by molar-refractivity contribution is 0.0264. The van der Waals surface area contributed by atoms with Gasteiger partial charge in [-0.15, -0.1) is 0 Å². The second-order valence-electron chi connectivity index (χ2n) is 7.24. The average molecular weight is 259 g/mol. The molecule has 0 spiro atoms. The minimum atomic E-state index is 0.137. The van der Waals surface area contributed by atoms with E-state index in [2.05, 4.69) is 55.6 Å². The van der Waals surface area contributed by atoms with Crippen LogP contribution >= 0.6 is 0 Å². The van der Waals surface area contributed by atoms with Crippen LogP contribution in [0.2, 0.25) is 0 Å². The van der Waals surface area contributed by atoms with Gasteiger partial charge >= 0.3 is 0 Å². The number of hydrogen-bond acceptors (Lipinski definition) is 2. The predicted octanol–water partition coefficient (Wildman–Crippen LogP) is 2.33. The van der Waals surface area contributed by atoms with Crippen LogP contribution in [0.25, 0.3) is 0 Å². The normalized spacial score (nSPS) is 33.9. The number of hydrogen-bond donors (Lipinski definition) is 1. The standard InChI is InChI=1S/C15H26BN3/c1-11-9-15(5,18-12(2)16)10-14(3,4)13(11)19-8-6-7-17-19/h6-8,11,13,18H,2,9-10,16H2,1,3-5H3. The maximum atomic E-state index is 4.47. The largest absolute Gasteiger partial charge is 0.392 e. The van der Waals surface area contributed by atoms with E-state index < -0.39 is 0 Å². The number of nitrogens with zero attached hydrogens (tertiary/aromatic N) is 2. The fourth-order valence-electron chi connectivity index (χ4n) is 4.45. The Kier molecular flexibility index (Phi) is 3.54. The first-order valence-corrected chi connectivity index (χ1v) is 7.16. The summed E-state index contributed by atoms with van der Waals surface area (Å²) in [6, 6.07) is 2.48. The maximum absolute atomic E-state index is 4.47. The minimum Gasteiger partial charge on any atom is -0.392 e. The van der Waals surface area contributed by atoms with E-state index >= 15 is 0 Å². The van der Waals surface area contributed by atoms with Gasteiger partial charge in [0.2, 0.25) is 0 Å². The van der Waals surface area contributed by atoms with E-state index in [0.29, 0.717) is 12.0 Å². The molecule has 0 aromatic carbocycles. The van der Waals surface area contributed by atoms with Crippen molar-refractivity contribution in [3.63, 3.8) is 0 Å². The van der Waals surface area contributed by atoms with Crippen LogP contribution in [0.1, 0.15) is 46.6 Å². The Balaban J connectivity index is 2.26. The Morgan fingerprint density at radius 1 is 1.47 bits per heavy atom. The Morgan fingerprint density at radius 2 is 2.16 bits per heavy atom. The Hall–Kier alpha value is -1.19. The van der Waals surface area contributed by atoms with Crippen LogP contribution in [-0.4, -0.2) is 23.2 Å². The molecular formula is C15H26BN3. The van der Waals surface area contributed by atoms with Gasteiger partial charge in [-0.2, -0.15) is 5.10 Å². The molecule has 3 unspecified atom stereocenters. The third-order valence-corrected chi connectivity index (χ3v) is 4.28. The molecule has 0 radical (unpaired) electrons. The molecule has 1 aromatic rings. The topological polar surface area (TPSA) is 29.9 Å². The highest BCUT2D eigenvalue weighted by atomic mass is 15.3. The predicted molar refractivity (Wildman–Crippen MR) is 82.7 cm³/mol. The van der Waals surface area contributed by atoms with Crippen LogP contribution in [0.15, 0.2) is 30.6 Å². The van der Waals surface area contributed by atoms with Crippen LogP contribution in [0, 0.1) is 11.3 Å². The third kappa shape index (κ3) is 2.88. The molecule has 0 saturated heterocycles. The maximum Gasteiger partial charge on any atom is 0.159 e. The van der Waals surface area contributed by atoms with Crippen molar-refractivity contribution in [2.24, 2.45) is 11.3 Å². The van der Waals surface area contributed by atoms with Crippen LogP contribution in [0.4, 0.5) is 0 Å². The molecule has 1 fully saturated rings. The first kappa shape index (κ1) is 14.2. The van der Waals surface area contributed by atoms with E-state index in [1.807, 2.05) is 20.1 Å². The molecule has 0 amide bonds.